The first kappa shape index (κ1) is 43.2. The van der Waals surface area contributed by atoms with Gasteiger partial charge in [0.15, 0.2) is 6.04 Å². The summed E-state index contributed by atoms with van der Waals surface area (Å²) in [5.74, 6) is -1.22. The molecule has 2 amide bonds. The van der Waals surface area contributed by atoms with Gasteiger partial charge in [-0.3, -0.25) is 4.79 Å². The van der Waals surface area contributed by atoms with Crippen LogP contribution in [0.15, 0.2) is 101 Å². The van der Waals surface area contributed by atoms with E-state index in [1.165, 1.54) is 34.8 Å². The maximum Gasteiger partial charge on any atom is 0.413 e. The molecule has 0 fully saturated rings. The predicted molar refractivity (Wildman–Crippen MR) is 196 cm³/mol. The van der Waals surface area contributed by atoms with Crippen LogP contribution in [0.4, 0.5) is 31.1 Å². The summed E-state index contributed by atoms with van der Waals surface area (Å²) >= 11 is 1.53. The van der Waals surface area contributed by atoms with Crippen molar-refractivity contribution in [3.05, 3.63) is 117 Å². The highest BCUT2D eigenvalue weighted by atomic mass is 32.2. The van der Waals surface area contributed by atoms with E-state index >= 15 is 0 Å². The van der Waals surface area contributed by atoms with E-state index in [2.05, 4.69) is 70.4 Å². The van der Waals surface area contributed by atoms with Crippen molar-refractivity contribution in [1.29, 1.82) is 0 Å². The standard InChI is InChI=1S/C23H24F6N4O6S3.C13H12/c1-39-21(36)30-10-19(35)32-20(23(27,28)29)17-6-5-16(41-17)15(11-34)33(8-2-7-22(24,25)26)42(37,38)13-3-4-14-18(9-13)40-12-31-14;1-3-7-12(8-4-1)11-13-9-5-2-6-10-13/h3-6,9,12,15,20,34H,2,7-8,10-11H2,1H3,(H,30,36)(H,32,35);1-10H,11H2. The van der Waals surface area contributed by atoms with Crippen LogP contribution in [0.3, 0.4) is 0 Å². The highest BCUT2D eigenvalue weighted by molar-refractivity contribution is 7.89. The highest BCUT2D eigenvalue weighted by Crippen LogP contribution is 2.40. The number of hydrogen-bond acceptors (Lipinski definition) is 9. The quantitative estimate of drug-likeness (QED) is 0.0973. The number of benzene rings is 3. The first-order valence-electron chi connectivity index (χ1n) is 16.4. The maximum atomic E-state index is 13.9. The van der Waals surface area contributed by atoms with E-state index in [0.29, 0.717) is 25.9 Å². The zero-order chi connectivity index (χ0) is 40.2. The monoisotopic (exact) mass is 830 g/mol. The summed E-state index contributed by atoms with van der Waals surface area (Å²) in [6.07, 6.45) is -11.7. The van der Waals surface area contributed by atoms with E-state index in [4.69, 9.17) is 0 Å². The molecule has 19 heteroatoms. The number of halogens is 6. The lowest BCUT2D eigenvalue weighted by Crippen LogP contribution is -2.43. The number of fused-ring (bicyclic) bond motifs is 1. The molecule has 296 valence electrons. The van der Waals surface area contributed by atoms with Crippen molar-refractivity contribution >= 4 is 54.9 Å². The maximum absolute atomic E-state index is 13.9. The lowest BCUT2D eigenvalue weighted by atomic mass is 10.1. The van der Waals surface area contributed by atoms with Crippen LogP contribution in [-0.4, -0.2) is 74.0 Å². The molecule has 0 spiro atoms. The van der Waals surface area contributed by atoms with Gasteiger partial charge in [0, 0.05) is 22.7 Å². The summed E-state index contributed by atoms with van der Waals surface area (Å²) in [5.41, 5.74) is 4.68. The number of hydrogen-bond donors (Lipinski definition) is 3. The van der Waals surface area contributed by atoms with E-state index in [-0.39, 0.29) is 9.77 Å². The molecule has 0 aliphatic carbocycles. The zero-order valence-corrected chi connectivity index (χ0v) is 31.5. The lowest BCUT2D eigenvalue weighted by molar-refractivity contribution is -0.162. The number of rotatable bonds is 14. The third kappa shape index (κ3) is 12.7. The Balaban J connectivity index is 0.000000431. The molecule has 5 aromatic rings. The van der Waals surface area contributed by atoms with Gasteiger partial charge in [-0.15, -0.1) is 22.7 Å². The smallest absolute Gasteiger partial charge is 0.413 e. The molecule has 0 saturated heterocycles. The van der Waals surface area contributed by atoms with Crippen molar-refractivity contribution in [3.8, 4) is 0 Å². The number of thiophene rings is 1. The number of alkyl carbamates (subject to hydrolysis) is 1. The molecule has 10 nitrogen and oxygen atoms in total. The van der Waals surface area contributed by atoms with E-state index < -0.39 is 83.9 Å². The number of aromatic nitrogens is 1. The number of amides is 2. The van der Waals surface area contributed by atoms with Crippen molar-refractivity contribution in [2.75, 3.05) is 26.8 Å². The van der Waals surface area contributed by atoms with Gasteiger partial charge in [-0.1, -0.05) is 60.7 Å². The second-order valence-electron chi connectivity index (χ2n) is 11.8. The number of thiazole rings is 1. The molecule has 0 aliphatic heterocycles. The number of ether oxygens (including phenoxy) is 1. The van der Waals surface area contributed by atoms with Crippen LogP contribution >= 0.6 is 22.7 Å². The summed E-state index contributed by atoms with van der Waals surface area (Å²) < 4.78 is 113. The summed E-state index contributed by atoms with van der Waals surface area (Å²) in [7, 11) is -3.59. The van der Waals surface area contributed by atoms with Crippen molar-refractivity contribution in [2.24, 2.45) is 0 Å². The molecule has 0 radical (unpaired) electrons. The van der Waals surface area contributed by atoms with Gasteiger partial charge in [-0.25, -0.2) is 18.2 Å². The Morgan fingerprint density at radius 1 is 0.909 bits per heavy atom. The first-order valence-corrected chi connectivity index (χ1v) is 19.5. The summed E-state index contributed by atoms with van der Waals surface area (Å²) in [6.45, 7) is -2.52. The number of sulfonamides is 1. The van der Waals surface area contributed by atoms with E-state index in [0.717, 1.165) is 37.0 Å². The number of carbonyl (C=O) groups excluding carboxylic acids is 2. The fraction of sp³-hybridized carbons (Fsp3) is 0.306. The van der Waals surface area contributed by atoms with Gasteiger partial charge in [0.25, 0.3) is 0 Å². The number of aliphatic hydroxyl groups is 1. The second-order valence-corrected chi connectivity index (χ2v) is 15.7. The Bertz CT molecular complexity index is 2060. The van der Waals surface area contributed by atoms with Gasteiger partial charge >= 0.3 is 18.4 Å². The largest absolute Gasteiger partial charge is 0.453 e. The fourth-order valence-electron chi connectivity index (χ4n) is 5.21. The zero-order valence-electron chi connectivity index (χ0n) is 29.0. The van der Waals surface area contributed by atoms with Gasteiger partial charge < -0.3 is 20.5 Å². The molecule has 0 bridgehead atoms. The van der Waals surface area contributed by atoms with Gasteiger partial charge in [-0.2, -0.15) is 30.6 Å². The van der Waals surface area contributed by atoms with Crippen LogP contribution in [0.25, 0.3) is 10.2 Å². The Morgan fingerprint density at radius 3 is 2.09 bits per heavy atom. The average molecular weight is 831 g/mol. The fourth-order valence-corrected chi connectivity index (χ4v) is 8.93. The minimum absolute atomic E-state index is 0.113. The second kappa shape index (κ2) is 19.3. The van der Waals surface area contributed by atoms with Gasteiger partial charge in [0.2, 0.25) is 15.9 Å². The molecule has 0 saturated carbocycles. The van der Waals surface area contributed by atoms with Crippen molar-refractivity contribution < 1.29 is 54.2 Å². The molecule has 3 N–H and O–H groups in total. The van der Waals surface area contributed by atoms with Crippen LogP contribution in [0.2, 0.25) is 0 Å². The Labute approximate surface area is 320 Å². The number of nitrogens with one attached hydrogen (secondary N) is 2. The van der Waals surface area contributed by atoms with Crippen LogP contribution in [0.5, 0.6) is 0 Å². The molecule has 2 unspecified atom stereocenters. The van der Waals surface area contributed by atoms with E-state index in [1.54, 1.807) is 5.32 Å². The van der Waals surface area contributed by atoms with Gasteiger partial charge in [0.05, 0.1) is 40.4 Å². The van der Waals surface area contributed by atoms with Gasteiger partial charge in [-0.05, 0) is 54.3 Å². The Morgan fingerprint density at radius 2 is 1.53 bits per heavy atom. The topological polar surface area (TPSA) is 138 Å². The Hall–Kier alpha value is -4.56. The van der Waals surface area contributed by atoms with Crippen molar-refractivity contribution in [3.63, 3.8) is 0 Å². The molecule has 5 rings (SSSR count). The third-order valence-corrected chi connectivity index (χ3v) is 11.8. The van der Waals surface area contributed by atoms with Crippen LogP contribution in [-0.2, 0) is 26.0 Å². The minimum Gasteiger partial charge on any atom is -0.453 e. The normalized spacial score (nSPS) is 13.1. The van der Waals surface area contributed by atoms with Crippen molar-refractivity contribution in [2.45, 2.75) is 48.6 Å². The highest BCUT2D eigenvalue weighted by Gasteiger charge is 2.43. The molecule has 0 aliphatic rings. The number of carbonyl (C=O) groups is 2. The summed E-state index contributed by atoms with van der Waals surface area (Å²) in [6, 6.07) is 22.9. The summed E-state index contributed by atoms with van der Waals surface area (Å²) in [4.78, 5) is 26.3. The SMILES string of the molecule is COC(=O)NCC(=O)NC(c1ccc(C(CO)N(CCCC(F)(F)F)S(=O)(=O)c2ccc3ncsc3c2)s1)C(F)(F)F.c1ccc(Cc2ccccc2)cc1. The van der Waals surface area contributed by atoms with Crippen LogP contribution in [0.1, 0.15) is 45.8 Å². The molecular weight excluding hydrogens is 795 g/mol. The lowest BCUT2D eigenvalue weighted by Gasteiger charge is -2.29. The summed E-state index contributed by atoms with van der Waals surface area (Å²) in [5, 5.41) is 13.8. The van der Waals surface area contributed by atoms with Crippen molar-refractivity contribution in [1.82, 2.24) is 19.9 Å². The number of aliphatic hydroxyl groups excluding tert-OH is 1. The number of alkyl halides is 6. The Kier molecular flexibility index (Phi) is 15.2. The van der Waals surface area contributed by atoms with E-state index in [9.17, 15) is 49.5 Å². The number of methoxy groups -OCH3 is 1. The molecule has 2 atom stereocenters. The molecular formula is C36H36F6N4O6S3. The first-order chi connectivity index (χ1) is 26.0. The number of nitrogens with zero attached hydrogens (tertiary/aromatic N) is 2. The van der Waals surface area contributed by atoms with E-state index in [1.807, 2.05) is 5.32 Å². The minimum atomic E-state index is -5.03. The predicted octanol–water partition coefficient (Wildman–Crippen LogP) is 7.78. The molecule has 3 aromatic carbocycles. The molecule has 2 heterocycles. The molecule has 55 heavy (non-hydrogen) atoms. The third-order valence-electron chi connectivity index (χ3n) is 7.83. The van der Waals surface area contributed by atoms with Crippen LogP contribution in [0, 0.1) is 0 Å². The molecule has 2 aromatic heterocycles. The average Bonchev–Trinajstić information content (AvgIpc) is 3.83. The van der Waals surface area contributed by atoms with Crippen LogP contribution < -0.4 is 10.6 Å². The van der Waals surface area contributed by atoms with Gasteiger partial charge in [0.1, 0.15) is 6.54 Å².